The van der Waals surface area contributed by atoms with Crippen LogP contribution in [0.25, 0.3) is 5.69 Å². The largest absolute Gasteiger partial charge is 0.494 e. The number of rotatable bonds is 3. The first-order chi connectivity index (χ1) is 8.67. The van der Waals surface area contributed by atoms with Gasteiger partial charge in [-0.3, -0.25) is 9.36 Å². The molecule has 0 radical (unpaired) electrons. The van der Waals surface area contributed by atoms with Gasteiger partial charge in [0, 0.05) is 12.3 Å². The van der Waals surface area contributed by atoms with Crippen molar-refractivity contribution in [3.63, 3.8) is 0 Å². The Bertz CT molecular complexity index is 594. The highest BCUT2D eigenvalue weighted by Crippen LogP contribution is 2.31. The molecule has 0 amide bonds. The Labute approximate surface area is 105 Å². The van der Waals surface area contributed by atoms with Crippen molar-refractivity contribution in [1.29, 1.82) is 0 Å². The second kappa shape index (κ2) is 4.96. The van der Waals surface area contributed by atoms with E-state index in [-0.39, 0.29) is 5.56 Å². The average molecular weight is 245 g/mol. The first-order valence-corrected chi connectivity index (χ1v) is 5.58. The molecule has 4 nitrogen and oxygen atoms in total. The lowest BCUT2D eigenvalue weighted by Crippen LogP contribution is -2.18. The summed E-state index contributed by atoms with van der Waals surface area (Å²) in [6.45, 7) is 1.93. The van der Waals surface area contributed by atoms with E-state index in [1.54, 1.807) is 38.6 Å². The third kappa shape index (κ3) is 2.09. The van der Waals surface area contributed by atoms with Gasteiger partial charge in [-0.2, -0.15) is 0 Å². The van der Waals surface area contributed by atoms with Crippen molar-refractivity contribution in [3.05, 3.63) is 52.4 Å². The third-order valence-corrected chi connectivity index (χ3v) is 2.70. The van der Waals surface area contributed by atoms with Gasteiger partial charge in [-0.25, -0.2) is 0 Å². The first-order valence-electron chi connectivity index (χ1n) is 5.58. The van der Waals surface area contributed by atoms with E-state index in [1.807, 2.05) is 13.0 Å². The highest BCUT2D eigenvalue weighted by Gasteiger charge is 2.12. The smallest absolute Gasteiger partial charge is 0.255 e. The van der Waals surface area contributed by atoms with Crippen molar-refractivity contribution < 1.29 is 9.47 Å². The molecule has 0 spiro atoms. The Morgan fingerprint density at radius 1 is 1.00 bits per heavy atom. The van der Waals surface area contributed by atoms with E-state index in [0.717, 1.165) is 5.56 Å². The van der Waals surface area contributed by atoms with Gasteiger partial charge in [-0.05, 0) is 24.6 Å². The monoisotopic (exact) mass is 245 g/mol. The van der Waals surface area contributed by atoms with Crippen LogP contribution in [0.3, 0.4) is 0 Å². The van der Waals surface area contributed by atoms with E-state index in [4.69, 9.17) is 9.47 Å². The van der Waals surface area contributed by atoms with Gasteiger partial charge in [-0.1, -0.05) is 12.1 Å². The summed E-state index contributed by atoms with van der Waals surface area (Å²) in [5.74, 6) is 1.20. The van der Waals surface area contributed by atoms with Crippen LogP contribution in [0.5, 0.6) is 11.5 Å². The summed E-state index contributed by atoms with van der Waals surface area (Å²) in [7, 11) is 3.14. The molecule has 0 aliphatic carbocycles. The fourth-order valence-electron chi connectivity index (χ4n) is 1.84. The molecule has 0 bridgehead atoms. The Morgan fingerprint density at radius 3 is 2.17 bits per heavy atom. The van der Waals surface area contributed by atoms with E-state index in [9.17, 15) is 4.79 Å². The highest BCUT2D eigenvalue weighted by molar-refractivity contribution is 5.57. The molecular weight excluding hydrogens is 230 g/mol. The molecule has 0 atom stereocenters. The van der Waals surface area contributed by atoms with Crippen molar-refractivity contribution in [1.82, 2.24) is 4.57 Å². The molecule has 2 rings (SSSR count). The number of nitrogens with zero attached hydrogens (tertiary/aromatic N) is 1. The molecule has 4 heteroatoms. The van der Waals surface area contributed by atoms with Crippen LogP contribution in [0.1, 0.15) is 5.56 Å². The van der Waals surface area contributed by atoms with Crippen molar-refractivity contribution in [2.45, 2.75) is 6.92 Å². The predicted molar refractivity (Wildman–Crippen MR) is 69.9 cm³/mol. The van der Waals surface area contributed by atoms with Crippen LogP contribution in [0.4, 0.5) is 0 Å². The number of ether oxygens (including phenoxy) is 2. The van der Waals surface area contributed by atoms with Gasteiger partial charge >= 0.3 is 0 Å². The number of hydrogen-bond acceptors (Lipinski definition) is 3. The number of benzene rings is 1. The molecule has 18 heavy (non-hydrogen) atoms. The predicted octanol–water partition coefficient (Wildman–Crippen LogP) is 2.16. The molecule has 0 aliphatic rings. The second-order valence-electron chi connectivity index (χ2n) is 3.93. The molecule has 1 heterocycles. The van der Waals surface area contributed by atoms with Crippen LogP contribution in [0, 0.1) is 6.92 Å². The summed E-state index contributed by atoms with van der Waals surface area (Å²) in [5.41, 5.74) is 1.49. The van der Waals surface area contributed by atoms with E-state index in [0.29, 0.717) is 17.2 Å². The molecule has 94 valence electrons. The Hall–Kier alpha value is -2.23. The van der Waals surface area contributed by atoms with Crippen molar-refractivity contribution in [2.75, 3.05) is 14.2 Å². The summed E-state index contributed by atoms with van der Waals surface area (Å²) in [4.78, 5) is 12.0. The number of aromatic nitrogens is 1. The van der Waals surface area contributed by atoms with Crippen LogP contribution in [0.2, 0.25) is 0 Å². The van der Waals surface area contributed by atoms with Crippen LogP contribution in [-0.2, 0) is 0 Å². The molecule has 0 saturated carbocycles. The van der Waals surface area contributed by atoms with Gasteiger partial charge < -0.3 is 9.47 Å². The maximum absolute atomic E-state index is 12.0. The topological polar surface area (TPSA) is 40.5 Å². The summed E-state index contributed by atoms with van der Waals surface area (Å²) >= 11 is 0. The Morgan fingerprint density at radius 2 is 1.61 bits per heavy atom. The van der Waals surface area contributed by atoms with Gasteiger partial charge in [0.2, 0.25) is 0 Å². The SMILES string of the molecule is COc1cccc(OC)c1-n1cc(C)ccc1=O. The number of pyridine rings is 1. The molecule has 0 unspecified atom stereocenters. The summed E-state index contributed by atoms with van der Waals surface area (Å²) in [6.07, 6.45) is 1.77. The van der Waals surface area contributed by atoms with Crippen molar-refractivity contribution in [3.8, 4) is 17.2 Å². The molecule has 1 aromatic carbocycles. The van der Waals surface area contributed by atoms with E-state index in [2.05, 4.69) is 0 Å². The van der Waals surface area contributed by atoms with E-state index < -0.39 is 0 Å². The van der Waals surface area contributed by atoms with Crippen LogP contribution in [-0.4, -0.2) is 18.8 Å². The van der Waals surface area contributed by atoms with Gasteiger partial charge in [-0.15, -0.1) is 0 Å². The minimum atomic E-state index is -0.122. The summed E-state index contributed by atoms with van der Waals surface area (Å²) in [5, 5.41) is 0. The standard InChI is InChI=1S/C14H15NO3/c1-10-7-8-13(16)15(9-10)14-11(17-2)5-4-6-12(14)18-3/h4-9H,1-3H3. The van der Waals surface area contributed by atoms with Crippen LogP contribution < -0.4 is 15.0 Å². The van der Waals surface area contributed by atoms with Crippen molar-refractivity contribution >= 4 is 0 Å². The van der Waals surface area contributed by atoms with Crippen LogP contribution in [0.15, 0.2) is 41.3 Å². The van der Waals surface area contributed by atoms with E-state index in [1.165, 1.54) is 10.6 Å². The van der Waals surface area contributed by atoms with Crippen LogP contribution >= 0.6 is 0 Å². The third-order valence-electron chi connectivity index (χ3n) is 2.70. The maximum Gasteiger partial charge on any atom is 0.255 e. The Kier molecular flexibility index (Phi) is 3.37. The molecule has 2 aromatic rings. The first kappa shape index (κ1) is 12.2. The molecule has 0 fully saturated rings. The lowest BCUT2D eigenvalue weighted by atomic mass is 10.2. The number of hydrogen-bond donors (Lipinski definition) is 0. The lowest BCUT2D eigenvalue weighted by Gasteiger charge is -2.15. The quantitative estimate of drug-likeness (QED) is 0.832. The molecule has 0 aliphatic heterocycles. The fourth-order valence-corrected chi connectivity index (χ4v) is 1.84. The van der Waals surface area contributed by atoms with Gasteiger partial charge in [0.1, 0.15) is 17.2 Å². The highest BCUT2D eigenvalue weighted by atomic mass is 16.5. The number of methoxy groups -OCH3 is 2. The van der Waals surface area contributed by atoms with E-state index >= 15 is 0 Å². The second-order valence-corrected chi connectivity index (χ2v) is 3.93. The van der Waals surface area contributed by atoms with Gasteiger partial charge in [0.15, 0.2) is 0 Å². The zero-order valence-corrected chi connectivity index (χ0v) is 10.6. The minimum Gasteiger partial charge on any atom is -0.494 e. The lowest BCUT2D eigenvalue weighted by molar-refractivity contribution is 0.390. The average Bonchev–Trinajstić information content (AvgIpc) is 2.40. The summed E-state index contributed by atoms with van der Waals surface area (Å²) in [6, 6.07) is 8.73. The van der Waals surface area contributed by atoms with Gasteiger partial charge in [0.25, 0.3) is 5.56 Å². The molecular formula is C14H15NO3. The molecule has 1 aromatic heterocycles. The van der Waals surface area contributed by atoms with Crippen molar-refractivity contribution in [2.24, 2.45) is 0 Å². The Balaban J connectivity index is 2.76. The molecule has 0 saturated heterocycles. The zero-order valence-electron chi connectivity index (χ0n) is 10.6. The summed E-state index contributed by atoms with van der Waals surface area (Å²) < 4.78 is 12.1. The number of aryl methyl sites for hydroxylation is 1. The molecule has 0 N–H and O–H groups in total. The van der Waals surface area contributed by atoms with Gasteiger partial charge in [0.05, 0.1) is 14.2 Å². The number of para-hydroxylation sites is 1. The zero-order chi connectivity index (χ0) is 13.1. The minimum absolute atomic E-state index is 0.122. The maximum atomic E-state index is 12.0. The fraction of sp³-hybridized carbons (Fsp3) is 0.214. The normalized spacial score (nSPS) is 10.2.